The second kappa shape index (κ2) is 10.4. The molecule has 2 N–H and O–H groups in total. The summed E-state index contributed by atoms with van der Waals surface area (Å²) in [5, 5.41) is 10.3. The van der Waals surface area contributed by atoms with Crippen LogP contribution in [0.25, 0.3) is 16.7 Å². The summed E-state index contributed by atoms with van der Waals surface area (Å²) in [4.78, 5) is 4.80. The van der Waals surface area contributed by atoms with Gasteiger partial charge in [-0.15, -0.1) is 0 Å². The van der Waals surface area contributed by atoms with Crippen LogP contribution in [0.5, 0.6) is 0 Å². The summed E-state index contributed by atoms with van der Waals surface area (Å²) < 4.78 is 0. The van der Waals surface area contributed by atoms with Crippen LogP contribution in [0.3, 0.4) is 0 Å². The summed E-state index contributed by atoms with van der Waals surface area (Å²) in [7, 11) is 0. The minimum Gasteiger partial charge on any atom is -0.383 e. The van der Waals surface area contributed by atoms with Crippen LogP contribution in [-0.4, -0.2) is 5.84 Å². The van der Waals surface area contributed by atoms with E-state index in [4.69, 9.17) is 10.7 Å². The summed E-state index contributed by atoms with van der Waals surface area (Å²) in [6.45, 7) is 13.1. The number of nitrogens with two attached hydrogens (primary N) is 1. The van der Waals surface area contributed by atoms with Crippen LogP contribution in [0, 0.1) is 11.3 Å². The van der Waals surface area contributed by atoms with Gasteiger partial charge in [-0.3, -0.25) is 0 Å². The van der Waals surface area contributed by atoms with E-state index in [9.17, 15) is 5.26 Å². The van der Waals surface area contributed by atoms with Gasteiger partial charge in [-0.2, -0.15) is 5.26 Å². The van der Waals surface area contributed by atoms with Gasteiger partial charge < -0.3 is 5.73 Å². The molecule has 182 valence electrons. The lowest BCUT2D eigenvalue weighted by atomic mass is 9.89. The van der Waals surface area contributed by atoms with Crippen molar-refractivity contribution in [3.63, 3.8) is 0 Å². The second-order valence-corrected chi connectivity index (χ2v) is 10.4. The molecule has 0 bridgehead atoms. The van der Waals surface area contributed by atoms with Gasteiger partial charge >= 0.3 is 0 Å². The number of nitriles is 1. The number of hydrogen-bond acceptors (Lipinski definition) is 3. The van der Waals surface area contributed by atoms with Crippen LogP contribution in [0.4, 0.5) is 0 Å². The Kier molecular flexibility index (Phi) is 7.27. The van der Waals surface area contributed by atoms with Gasteiger partial charge in [-0.05, 0) is 51.1 Å². The van der Waals surface area contributed by atoms with E-state index in [1.807, 2.05) is 12.1 Å². The van der Waals surface area contributed by atoms with Crippen molar-refractivity contribution in [2.75, 3.05) is 0 Å². The van der Waals surface area contributed by atoms with Crippen LogP contribution >= 0.6 is 0 Å². The van der Waals surface area contributed by atoms with Gasteiger partial charge in [0.2, 0.25) is 0 Å². The average Bonchev–Trinajstić information content (AvgIpc) is 3.21. The van der Waals surface area contributed by atoms with Crippen LogP contribution < -0.4 is 5.73 Å². The number of rotatable bonds is 6. The van der Waals surface area contributed by atoms with E-state index in [1.54, 1.807) is 0 Å². The number of benzene rings is 3. The Morgan fingerprint density at radius 2 is 1.03 bits per heavy atom. The third-order valence-electron chi connectivity index (χ3n) is 6.92. The van der Waals surface area contributed by atoms with Crippen molar-refractivity contribution >= 4 is 22.6 Å². The fraction of sp³-hybridized carbons (Fsp3) is 0.273. The topological polar surface area (TPSA) is 62.2 Å². The molecule has 36 heavy (non-hydrogen) atoms. The van der Waals surface area contributed by atoms with Gasteiger partial charge in [0.25, 0.3) is 0 Å². The van der Waals surface area contributed by atoms with Gasteiger partial charge in [0, 0.05) is 11.1 Å². The highest BCUT2D eigenvalue weighted by Gasteiger charge is 2.28. The van der Waals surface area contributed by atoms with Crippen molar-refractivity contribution < 1.29 is 0 Å². The largest absolute Gasteiger partial charge is 0.383 e. The van der Waals surface area contributed by atoms with E-state index in [1.165, 1.54) is 16.7 Å². The normalized spacial score (nSPS) is 15.1. The van der Waals surface area contributed by atoms with E-state index in [-0.39, 0.29) is 0 Å². The lowest BCUT2D eigenvalue weighted by Crippen LogP contribution is -2.11. The fourth-order valence-electron chi connectivity index (χ4n) is 4.59. The first-order valence-corrected chi connectivity index (χ1v) is 12.8. The van der Waals surface area contributed by atoms with Gasteiger partial charge in [0.05, 0.1) is 11.3 Å². The first kappa shape index (κ1) is 25.2. The van der Waals surface area contributed by atoms with Gasteiger partial charge in [-0.25, -0.2) is 4.99 Å². The predicted molar refractivity (Wildman–Crippen MR) is 153 cm³/mol. The predicted octanol–water partition coefficient (Wildman–Crippen LogP) is 8.27. The van der Waals surface area contributed by atoms with Crippen molar-refractivity contribution in [3.05, 3.63) is 112 Å². The van der Waals surface area contributed by atoms with E-state index in [0.29, 0.717) is 34.9 Å². The van der Waals surface area contributed by atoms with Crippen LogP contribution in [0.15, 0.2) is 83.5 Å². The molecule has 1 aliphatic heterocycles. The van der Waals surface area contributed by atoms with Crippen LogP contribution in [-0.2, 0) is 0 Å². The van der Waals surface area contributed by atoms with E-state index in [0.717, 1.165) is 27.8 Å². The number of amidine groups is 1. The van der Waals surface area contributed by atoms with Gasteiger partial charge in [-0.1, -0.05) is 114 Å². The molecule has 3 aromatic rings. The molecule has 0 radical (unpaired) electrons. The van der Waals surface area contributed by atoms with Crippen molar-refractivity contribution in [2.45, 2.75) is 59.3 Å². The van der Waals surface area contributed by atoms with Crippen molar-refractivity contribution in [2.24, 2.45) is 10.7 Å². The molecule has 3 nitrogen and oxygen atoms in total. The standard InChI is InChI=1S/C33H35N3/c1-20(2)23-7-13-26(14-8-23)29(19-34)32-30(27-15-9-24(10-16-27)21(3)4)31(33(35)36-32)28-17-11-25(12-18-28)22(5)6/h7-18,20-22H,1-6H3,(H2,35,36)/b32-29+. The first-order chi connectivity index (χ1) is 17.2. The van der Waals surface area contributed by atoms with E-state index >= 15 is 0 Å². The molecule has 3 heteroatoms. The maximum Gasteiger partial charge on any atom is 0.132 e. The zero-order valence-corrected chi connectivity index (χ0v) is 22.1. The number of nitrogens with zero attached hydrogens (tertiary/aromatic N) is 2. The Balaban J connectivity index is 1.95. The molecule has 0 fully saturated rings. The fourth-order valence-corrected chi connectivity index (χ4v) is 4.59. The maximum absolute atomic E-state index is 10.3. The Labute approximate surface area is 215 Å². The minimum absolute atomic E-state index is 0.424. The van der Waals surface area contributed by atoms with Crippen molar-refractivity contribution in [1.82, 2.24) is 0 Å². The zero-order chi connectivity index (χ0) is 26.0. The van der Waals surface area contributed by atoms with E-state index in [2.05, 4.69) is 108 Å². The first-order valence-electron chi connectivity index (χ1n) is 12.8. The Morgan fingerprint density at radius 1 is 0.639 bits per heavy atom. The van der Waals surface area contributed by atoms with E-state index < -0.39 is 0 Å². The van der Waals surface area contributed by atoms with Crippen molar-refractivity contribution in [1.29, 1.82) is 5.26 Å². The number of aliphatic imine (C=N–C) groups is 1. The second-order valence-electron chi connectivity index (χ2n) is 10.4. The monoisotopic (exact) mass is 473 g/mol. The molecule has 4 rings (SSSR count). The highest BCUT2D eigenvalue weighted by molar-refractivity contribution is 6.35. The molecule has 0 amide bonds. The molecule has 0 saturated carbocycles. The van der Waals surface area contributed by atoms with Gasteiger partial charge in [0.1, 0.15) is 11.9 Å². The molecule has 0 aromatic heterocycles. The summed E-state index contributed by atoms with van der Waals surface area (Å²) in [5.41, 5.74) is 16.2. The molecular formula is C33H35N3. The summed E-state index contributed by atoms with van der Waals surface area (Å²) in [6, 6.07) is 27.7. The summed E-state index contributed by atoms with van der Waals surface area (Å²) >= 11 is 0. The third kappa shape index (κ3) is 4.90. The minimum atomic E-state index is 0.424. The molecule has 3 aromatic carbocycles. The lowest BCUT2D eigenvalue weighted by Gasteiger charge is -2.14. The molecule has 0 saturated heterocycles. The third-order valence-corrected chi connectivity index (χ3v) is 6.92. The zero-order valence-electron chi connectivity index (χ0n) is 22.1. The maximum atomic E-state index is 10.3. The Hall–Kier alpha value is -3.90. The lowest BCUT2D eigenvalue weighted by molar-refractivity contribution is 0.866. The van der Waals surface area contributed by atoms with Crippen LogP contribution in [0.2, 0.25) is 0 Å². The van der Waals surface area contributed by atoms with Crippen molar-refractivity contribution in [3.8, 4) is 6.07 Å². The molecule has 1 aliphatic rings. The smallest absolute Gasteiger partial charge is 0.132 e. The Morgan fingerprint density at radius 3 is 1.42 bits per heavy atom. The average molecular weight is 474 g/mol. The number of allylic oxidation sites excluding steroid dienone is 2. The quantitative estimate of drug-likeness (QED) is 0.366. The molecule has 1 heterocycles. The molecule has 0 unspecified atom stereocenters. The molecule has 0 atom stereocenters. The summed E-state index contributed by atoms with van der Waals surface area (Å²) in [6.07, 6.45) is 0. The highest BCUT2D eigenvalue weighted by atomic mass is 14.9. The van der Waals surface area contributed by atoms with Crippen LogP contribution in [0.1, 0.15) is 92.7 Å². The SMILES string of the molecule is CC(C)c1ccc(C2=C(c3ccc(C(C)C)cc3)/C(=C(/C#N)c3ccc(C(C)C)cc3)N=C2N)cc1. The van der Waals surface area contributed by atoms with Gasteiger partial charge in [0.15, 0.2) is 0 Å². The molecule has 0 spiro atoms. The summed E-state index contributed by atoms with van der Waals surface area (Å²) in [5.74, 6) is 1.75. The molecule has 0 aliphatic carbocycles. The molecular weight excluding hydrogens is 438 g/mol. The Bertz CT molecular complexity index is 1370. The number of hydrogen-bond donors (Lipinski definition) is 1. The highest BCUT2D eigenvalue weighted by Crippen LogP contribution is 2.42.